The van der Waals surface area contributed by atoms with Gasteiger partial charge in [0.15, 0.2) is 0 Å². The number of alkyl halides is 3. The molecular weight excluding hydrogens is 924 g/mol. The van der Waals surface area contributed by atoms with Crippen LogP contribution in [-0.2, 0) is 25.7 Å². The van der Waals surface area contributed by atoms with Crippen molar-refractivity contribution >= 4 is 74.0 Å². The fraction of sp³-hybridized carbons (Fsp3) is 0.455. The van der Waals surface area contributed by atoms with E-state index < -0.39 is 35.1 Å². The topological polar surface area (TPSA) is 175 Å². The number of likely N-dealkylation sites (tertiary alicyclic amines) is 1. The molecule has 4 aromatic rings. The van der Waals surface area contributed by atoms with Crippen molar-refractivity contribution < 1.29 is 42.5 Å². The minimum absolute atomic E-state index is 0.0243. The van der Waals surface area contributed by atoms with Gasteiger partial charge in [-0.15, -0.1) is 20.1 Å². The van der Waals surface area contributed by atoms with Gasteiger partial charge in [0.1, 0.15) is 17.6 Å². The predicted octanol–water partition coefficient (Wildman–Crippen LogP) is 7.13. The Morgan fingerprint density at radius 2 is 1.76 bits per heavy atom. The number of aliphatic hydroxyl groups is 1. The number of anilines is 2. The Kier molecular flexibility index (Phi) is 15.8. The van der Waals surface area contributed by atoms with E-state index in [1.165, 1.54) is 35.4 Å². The van der Waals surface area contributed by atoms with Gasteiger partial charge in [-0.2, -0.15) is 0 Å². The number of halogens is 4. The molecule has 0 saturated carbocycles. The van der Waals surface area contributed by atoms with Gasteiger partial charge in [-0.1, -0.05) is 24.3 Å². The van der Waals surface area contributed by atoms with Crippen LogP contribution in [0.4, 0.5) is 20.3 Å². The Labute approximate surface area is 382 Å². The molecule has 0 aliphatic carbocycles. The highest BCUT2D eigenvalue weighted by Gasteiger charge is 2.46. The summed E-state index contributed by atoms with van der Waals surface area (Å²) in [6.07, 6.45) is 2.52. The number of benzene rings is 2. The van der Waals surface area contributed by atoms with Crippen LogP contribution in [0.3, 0.4) is 0 Å². The van der Waals surface area contributed by atoms with E-state index in [1.807, 2.05) is 36.7 Å². The van der Waals surface area contributed by atoms with Gasteiger partial charge in [0.05, 0.1) is 44.2 Å². The minimum Gasteiger partial charge on any atom is -0.420 e. The molecule has 2 aliphatic heterocycles. The van der Waals surface area contributed by atoms with Crippen LogP contribution in [0.25, 0.3) is 10.4 Å². The number of aromatic nitrogens is 2. The molecule has 338 valence electrons. The van der Waals surface area contributed by atoms with Gasteiger partial charge < -0.3 is 40.3 Å². The van der Waals surface area contributed by atoms with Gasteiger partial charge in [-0.05, 0) is 104 Å². The molecule has 4 amide bonds. The highest BCUT2D eigenvalue weighted by molar-refractivity contribution is 9.10. The fourth-order valence-corrected chi connectivity index (χ4v) is 8.95. The first kappa shape index (κ1) is 47.7. The average molecular weight is 975 g/mol. The summed E-state index contributed by atoms with van der Waals surface area (Å²) in [4.78, 5) is 66.6. The summed E-state index contributed by atoms with van der Waals surface area (Å²) in [5, 5.41) is 19.1. The summed E-state index contributed by atoms with van der Waals surface area (Å²) in [5.41, 5.74) is 0.475. The number of aryl methyl sites for hydroxylation is 1. The second-order valence-electron chi connectivity index (χ2n) is 16.4. The molecular formula is C44H51BrClF2N7O7S. The quantitative estimate of drug-likeness (QED) is 0.0630. The second kappa shape index (κ2) is 20.8. The first-order chi connectivity index (χ1) is 29.9. The van der Waals surface area contributed by atoms with E-state index in [0.29, 0.717) is 41.2 Å². The van der Waals surface area contributed by atoms with Crippen LogP contribution in [0.1, 0.15) is 68.1 Å². The molecule has 0 spiro atoms. The van der Waals surface area contributed by atoms with E-state index in [2.05, 4.69) is 51.5 Å². The molecule has 14 nitrogen and oxygen atoms in total. The Hall–Kier alpha value is -4.75. The third kappa shape index (κ3) is 12.7. The molecule has 0 bridgehead atoms. The van der Waals surface area contributed by atoms with Crippen LogP contribution >= 0.6 is 38.9 Å². The number of amides is 4. The summed E-state index contributed by atoms with van der Waals surface area (Å²) < 4.78 is 36.6. The molecule has 2 saturated heterocycles. The highest BCUT2D eigenvalue weighted by Crippen LogP contribution is 2.32. The van der Waals surface area contributed by atoms with Crippen LogP contribution < -0.4 is 25.6 Å². The zero-order valence-electron chi connectivity index (χ0n) is 35.3. The Balaban J connectivity index is 0.893. The van der Waals surface area contributed by atoms with Crippen LogP contribution in [0.5, 0.6) is 5.75 Å². The number of hydrogen-bond donors (Lipinski definition) is 4. The number of ether oxygens (including phenoxy) is 2. The van der Waals surface area contributed by atoms with Crippen molar-refractivity contribution in [2.45, 2.75) is 83.7 Å². The number of carbonyl (C=O) groups excluding carboxylic acids is 4. The van der Waals surface area contributed by atoms with E-state index in [-0.39, 0.29) is 61.9 Å². The van der Waals surface area contributed by atoms with Gasteiger partial charge in [0.25, 0.3) is 5.91 Å². The average Bonchev–Trinajstić information content (AvgIpc) is 3.86. The van der Waals surface area contributed by atoms with Crippen LogP contribution in [-0.4, -0.2) is 100 Å². The van der Waals surface area contributed by atoms with Crippen LogP contribution in [0.2, 0.25) is 0 Å². The largest absolute Gasteiger partial charge is 0.487 e. The lowest BCUT2D eigenvalue weighted by Gasteiger charge is -2.36. The molecule has 4 heterocycles. The summed E-state index contributed by atoms with van der Waals surface area (Å²) >= 11 is 9.91. The number of hydrogen-bond acceptors (Lipinski definition) is 11. The molecule has 63 heavy (non-hydrogen) atoms. The maximum absolute atomic E-state index is 13.9. The van der Waals surface area contributed by atoms with E-state index in [1.54, 1.807) is 38.2 Å². The van der Waals surface area contributed by atoms with Crippen molar-refractivity contribution in [2.75, 3.05) is 43.1 Å². The third-order valence-corrected chi connectivity index (χ3v) is 13.1. The molecule has 2 fully saturated rings. The Morgan fingerprint density at radius 1 is 1.06 bits per heavy atom. The van der Waals surface area contributed by atoms with Crippen molar-refractivity contribution in [1.82, 2.24) is 25.5 Å². The Morgan fingerprint density at radius 3 is 2.40 bits per heavy atom. The SMILES string of the molecule is Cc1ncsc1-c1ccc(CNC(=O)[C@@H]2C[C@@H](O)CN2C(=O)C(C)(C)[C@H](C)NC(=O)CCOCC2CCN(c3ncc(C(=O)Nc4ccc(OC(F)(F)Cl)cc4)cc3Br)CC2)cc1. The van der Waals surface area contributed by atoms with Gasteiger partial charge >= 0.3 is 5.57 Å². The van der Waals surface area contributed by atoms with Crippen LogP contribution in [0, 0.1) is 18.3 Å². The highest BCUT2D eigenvalue weighted by atomic mass is 79.9. The van der Waals surface area contributed by atoms with Crippen molar-refractivity contribution in [3.8, 4) is 16.2 Å². The smallest absolute Gasteiger partial charge is 0.420 e. The van der Waals surface area contributed by atoms with Gasteiger partial charge in [0, 0.05) is 75.2 Å². The van der Waals surface area contributed by atoms with Gasteiger partial charge in [-0.3, -0.25) is 19.2 Å². The zero-order chi connectivity index (χ0) is 45.5. The number of thiazole rings is 1. The van der Waals surface area contributed by atoms with Gasteiger partial charge in [0.2, 0.25) is 17.7 Å². The predicted molar refractivity (Wildman–Crippen MR) is 240 cm³/mol. The van der Waals surface area contributed by atoms with Crippen molar-refractivity contribution in [2.24, 2.45) is 11.3 Å². The van der Waals surface area contributed by atoms with Crippen LogP contribution in [0.15, 0.2) is 70.8 Å². The fourth-order valence-electron chi connectivity index (χ4n) is 7.45. The number of nitrogens with one attached hydrogen (secondary N) is 3. The first-order valence-electron chi connectivity index (χ1n) is 20.6. The summed E-state index contributed by atoms with van der Waals surface area (Å²) in [5.74, 6) is -0.561. The summed E-state index contributed by atoms with van der Waals surface area (Å²) in [6.45, 7) is 9.58. The lowest BCUT2D eigenvalue weighted by molar-refractivity contribution is -0.147. The number of piperidine rings is 1. The summed E-state index contributed by atoms with van der Waals surface area (Å²) in [7, 11) is 0. The standard InChI is InChI=1S/C44H51BrClF2N7O7S/c1-26-38(63-25-51-26)30-7-5-28(6-8-30)21-50-41(59)36-20-33(56)23-55(36)42(60)43(3,4)27(2)52-37(57)15-18-61-24-29-13-16-54(17-14-29)39-35(45)19-31(22-49-39)40(58)53-32-9-11-34(12-10-32)62-44(46,47)48/h5-12,19,22,25,27,29,33,36,56H,13-18,20-21,23-24H2,1-4H3,(H,50,59)(H,52,57)(H,53,58)/t27-,33+,36-/m0/s1. The molecule has 0 unspecified atom stereocenters. The number of pyridine rings is 1. The van der Waals surface area contributed by atoms with Crippen molar-refractivity contribution in [1.29, 1.82) is 0 Å². The minimum atomic E-state index is -3.84. The lowest BCUT2D eigenvalue weighted by atomic mass is 9.83. The summed E-state index contributed by atoms with van der Waals surface area (Å²) in [6, 6.07) is 13.5. The first-order valence-corrected chi connectivity index (χ1v) is 22.6. The second-order valence-corrected chi connectivity index (χ2v) is 18.5. The molecule has 3 atom stereocenters. The lowest BCUT2D eigenvalue weighted by Crippen LogP contribution is -2.55. The number of β-amino-alcohol motifs (C(OH)–C–C–N with tert-alkyl or cyclic N) is 1. The van der Waals surface area contributed by atoms with E-state index in [0.717, 1.165) is 34.5 Å². The molecule has 2 aliphatic rings. The normalized spacial score (nSPS) is 17.6. The number of aliphatic hydroxyl groups excluding tert-OH is 1. The molecule has 4 N–H and O–H groups in total. The molecule has 0 radical (unpaired) electrons. The molecule has 6 rings (SSSR count). The molecule has 19 heteroatoms. The third-order valence-electron chi connectivity index (χ3n) is 11.5. The van der Waals surface area contributed by atoms with E-state index in [4.69, 9.17) is 16.3 Å². The van der Waals surface area contributed by atoms with Gasteiger partial charge in [-0.25, -0.2) is 9.97 Å². The maximum Gasteiger partial charge on any atom is 0.487 e. The Bertz CT molecular complexity index is 2240. The van der Waals surface area contributed by atoms with E-state index >= 15 is 0 Å². The zero-order valence-corrected chi connectivity index (χ0v) is 38.5. The van der Waals surface area contributed by atoms with Crippen molar-refractivity contribution in [3.05, 3.63) is 87.6 Å². The molecule has 2 aromatic heterocycles. The number of nitrogens with zero attached hydrogens (tertiary/aromatic N) is 4. The number of rotatable bonds is 17. The number of carbonyl (C=O) groups is 4. The van der Waals surface area contributed by atoms with E-state index in [9.17, 15) is 33.1 Å². The monoisotopic (exact) mass is 973 g/mol. The van der Waals surface area contributed by atoms with Crippen molar-refractivity contribution in [3.63, 3.8) is 0 Å². The maximum atomic E-state index is 13.9. The molecule has 2 aromatic carbocycles.